The molecule has 1 aromatic rings. The van der Waals surface area contributed by atoms with Crippen molar-refractivity contribution in [2.75, 3.05) is 13.6 Å². The SMILES string of the molecule is C#CCNS(=O)(=O)c1ccc(C(=O)N(C)C2CCC(C)CC2)cc1. The first-order valence-corrected chi connectivity index (χ1v) is 9.64. The second-order valence-corrected chi connectivity index (χ2v) is 8.15. The fraction of sp³-hybridized carbons (Fsp3) is 0.500. The zero-order valence-electron chi connectivity index (χ0n) is 14.2. The lowest BCUT2D eigenvalue weighted by Crippen LogP contribution is -2.39. The van der Waals surface area contributed by atoms with Crippen molar-refractivity contribution in [3.8, 4) is 12.3 Å². The highest BCUT2D eigenvalue weighted by Crippen LogP contribution is 2.27. The van der Waals surface area contributed by atoms with E-state index in [0.717, 1.165) is 31.6 Å². The summed E-state index contributed by atoms with van der Waals surface area (Å²) in [5.74, 6) is 2.88. The Hall–Kier alpha value is -1.84. The van der Waals surface area contributed by atoms with Gasteiger partial charge in [-0.05, 0) is 55.9 Å². The molecule has 0 atom stereocenters. The van der Waals surface area contributed by atoms with Crippen LogP contribution >= 0.6 is 0 Å². The van der Waals surface area contributed by atoms with Gasteiger partial charge in [0.1, 0.15) is 0 Å². The first-order chi connectivity index (χ1) is 11.3. The van der Waals surface area contributed by atoms with E-state index in [9.17, 15) is 13.2 Å². The second-order valence-electron chi connectivity index (χ2n) is 6.38. The average molecular weight is 348 g/mol. The molecule has 130 valence electrons. The Morgan fingerprint density at radius 3 is 2.38 bits per heavy atom. The van der Waals surface area contributed by atoms with Crippen LogP contribution in [0.15, 0.2) is 29.2 Å². The maximum atomic E-state index is 12.6. The van der Waals surface area contributed by atoms with Crippen LogP contribution in [-0.2, 0) is 10.0 Å². The number of amides is 1. The molecule has 0 heterocycles. The largest absolute Gasteiger partial charge is 0.339 e. The molecule has 1 N–H and O–H groups in total. The van der Waals surface area contributed by atoms with Gasteiger partial charge in [0.2, 0.25) is 10.0 Å². The third-order valence-electron chi connectivity index (χ3n) is 4.63. The standard InChI is InChI=1S/C18H24N2O3S/c1-4-13-19-24(22,23)17-11-7-15(8-12-17)18(21)20(3)16-9-5-14(2)6-10-16/h1,7-8,11-12,14,16,19H,5-6,9-10,13H2,2-3H3. The lowest BCUT2D eigenvalue weighted by Gasteiger charge is -2.33. The number of hydrogen-bond acceptors (Lipinski definition) is 3. The predicted molar refractivity (Wildman–Crippen MR) is 94.0 cm³/mol. The van der Waals surface area contributed by atoms with E-state index in [2.05, 4.69) is 17.6 Å². The fourth-order valence-electron chi connectivity index (χ4n) is 3.00. The monoisotopic (exact) mass is 348 g/mol. The third-order valence-corrected chi connectivity index (χ3v) is 6.05. The first-order valence-electron chi connectivity index (χ1n) is 8.15. The fourth-order valence-corrected chi connectivity index (χ4v) is 3.93. The average Bonchev–Trinajstić information content (AvgIpc) is 2.59. The number of hydrogen-bond donors (Lipinski definition) is 1. The van der Waals surface area contributed by atoms with Crippen LogP contribution in [0.4, 0.5) is 0 Å². The number of benzene rings is 1. The minimum atomic E-state index is -3.63. The Balaban J connectivity index is 2.07. The van der Waals surface area contributed by atoms with Crippen molar-refractivity contribution in [2.45, 2.75) is 43.5 Å². The third kappa shape index (κ3) is 4.37. The number of sulfonamides is 1. The van der Waals surface area contributed by atoms with E-state index in [1.165, 1.54) is 12.1 Å². The van der Waals surface area contributed by atoms with Gasteiger partial charge in [0, 0.05) is 18.7 Å². The van der Waals surface area contributed by atoms with Crippen molar-refractivity contribution in [1.82, 2.24) is 9.62 Å². The van der Waals surface area contributed by atoms with Crippen LogP contribution in [0.1, 0.15) is 43.0 Å². The summed E-state index contributed by atoms with van der Waals surface area (Å²) < 4.78 is 26.3. The van der Waals surface area contributed by atoms with Crippen LogP contribution in [0.5, 0.6) is 0 Å². The van der Waals surface area contributed by atoms with Gasteiger partial charge < -0.3 is 4.90 Å². The molecule has 1 aliphatic carbocycles. The molecule has 0 aliphatic heterocycles. The summed E-state index contributed by atoms with van der Waals surface area (Å²) in [4.78, 5) is 14.5. The second kappa shape index (κ2) is 7.82. The molecular formula is C18H24N2O3S. The molecular weight excluding hydrogens is 324 g/mol. The maximum absolute atomic E-state index is 12.6. The summed E-state index contributed by atoms with van der Waals surface area (Å²) in [5, 5.41) is 0. The van der Waals surface area contributed by atoms with Crippen molar-refractivity contribution < 1.29 is 13.2 Å². The van der Waals surface area contributed by atoms with Gasteiger partial charge in [0.15, 0.2) is 0 Å². The van der Waals surface area contributed by atoms with Gasteiger partial charge in [0.05, 0.1) is 11.4 Å². The molecule has 0 saturated heterocycles. The highest BCUT2D eigenvalue weighted by molar-refractivity contribution is 7.89. The summed E-state index contributed by atoms with van der Waals surface area (Å²) in [6, 6.07) is 6.23. The maximum Gasteiger partial charge on any atom is 0.253 e. The summed E-state index contributed by atoms with van der Waals surface area (Å²) in [7, 11) is -1.81. The highest BCUT2D eigenvalue weighted by atomic mass is 32.2. The number of nitrogens with one attached hydrogen (secondary N) is 1. The Morgan fingerprint density at radius 1 is 1.25 bits per heavy atom. The van der Waals surface area contributed by atoms with Gasteiger partial charge >= 0.3 is 0 Å². The molecule has 0 bridgehead atoms. The molecule has 0 aromatic heterocycles. The van der Waals surface area contributed by atoms with E-state index >= 15 is 0 Å². The normalized spacial score (nSPS) is 21.0. The predicted octanol–water partition coefficient (Wildman–Crippen LogP) is 2.25. The minimum absolute atomic E-state index is 0.0636. The molecule has 1 amide bonds. The van der Waals surface area contributed by atoms with Gasteiger partial charge in [-0.1, -0.05) is 12.8 Å². The van der Waals surface area contributed by atoms with Crippen LogP contribution in [0.25, 0.3) is 0 Å². The van der Waals surface area contributed by atoms with Crippen molar-refractivity contribution in [1.29, 1.82) is 0 Å². The van der Waals surface area contributed by atoms with Crippen molar-refractivity contribution >= 4 is 15.9 Å². The number of nitrogens with zero attached hydrogens (tertiary/aromatic N) is 1. The molecule has 24 heavy (non-hydrogen) atoms. The van der Waals surface area contributed by atoms with Crippen molar-refractivity contribution in [3.63, 3.8) is 0 Å². The zero-order valence-corrected chi connectivity index (χ0v) is 15.0. The minimum Gasteiger partial charge on any atom is -0.339 e. The van der Waals surface area contributed by atoms with Crippen molar-refractivity contribution in [3.05, 3.63) is 29.8 Å². The summed E-state index contributed by atoms with van der Waals surface area (Å²) in [6.07, 6.45) is 9.38. The van der Waals surface area contributed by atoms with Gasteiger partial charge in [-0.25, -0.2) is 8.42 Å². The number of carbonyl (C=O) groups is 1. The van der Waals surface area contributed by atoms with Crippen LogP contribution < -0.4 is 4.72 Å². The Morgan fingerprint density at radius 2 is 1.83 bits per heavy atom. The van der Waals surface area contributed by atoms with Gasteiger partial charge in [0.25, 0.3) is 5.91 Å². The number of carbonyl (C=O) groups excluding carboxylic acids is 1. The van der Waals surface area contributed by atoms with E-state index in [1.54, 1.807) is 17.0 Å². The van der Waals surface area contributed by atoms with Crippen LogP contribution in [0, 0.1) is 18.3 Å². The summed E-state index contributed by atoms with van der Waals surface area (Å²) in [6.45, 7) is 2.18. The molecule has 1 aromatic carbocycles. The molecule has 0 radical (unpaired) electrons. The lowest BCUT2D eigenvalue weighted by molar-refractivity contribution is 0.0679. The van der Waals surface area contributed by atoms with E-state index in [0.29, 0.717) is 5.56 Å². The molecule has 1 saturated carbocycles. The van der Waals surface area contributed by atoms with Gasteiger partial charge in [-0.3, -0.25) is 4.79 Å². The van der Waals surface area contributed by atoms with Gasteiger partial charge in [-0.2, -0.15) is 4.72 Å². The summed E-state index contributed by atoms with van der Waals surface area (Å²) >= 11 is 0. The number of terminal acetylenes is 1. The van der Waals surface area contributed by atoms with E-state index in [1.807, 2.05) is 7.05 Å². The summed E-state index contributed by atoms with van der Waals surface area (Å²) in [5.41, 5.74) is 0.493. The highest BCUT2D eigenvalue weighted by Gasteiger charge is 2.25. The number of rotatable bonds is 5. The van der Waals surface area contributed by atoms with Crippen LogP contribution in [0.2, 0.25) is 0 Å². The molecule has 0 unspecified atom stereocenters. The van der Waals surface area contributed by atoms with E-state index < -0.39 is 10.0 Å². The first kappa shape index (κ1) is 18.5. The topological polar surface area (TPSA) is 66.5 Å². The quantitative estimate of drug-likeness (QED) is 0.830. The smallest absolute Gasteiger partial charge is 0.253 e. The molecule has 6 heteroatoms. The van der Waals surface area contributed by atoms with E-state index in [-0.39, 0.29) is 23.4 Å². The molecule has 1 aliphatic rings. The van der Waals surface area contributed by atoms with E-state index in [4.69, 9.17) is 6.42 Å². The zero-order chi connectivity index (χ0) is 17.7. The lowest BCUT2D eigenvalue weighted by atomic mass is 9.86. The molecule has 0 spiro atoms. The van der Waals surface area contributed by atoms with Gasteiger partial charge in [-0.15, -0.1) is 6.42 Å². The molecule has 1 fully saturated rings. The molecule has 2 rings (SSSR count). The van der Waals surface area contributed by atoms with Crippen LogP contribution in [-0.4, -0.2) is 38.9 Å². The Kier molecular flexibility index (Phi) is 6.03. The Bertz CT molecular complexity index is 712. The van der Waals surface area contributed by atoms with Crippen molar-refractivity contribution in [2.24, 2.45) is 5.92 Å². The Labute approximate surface area is 144 Å². The van der Waals surface area contributed by atoms with Crippen LogP contribution in [0.3, 0.4) is 0 Å². The molecule has 5 nitrogen and oxygen atoms in total.